The van der Waals surface area contributed by atoms with Crippen LogP contribution in [-0.4, -0.2) is 88.6 Å². The van der Waals surface area contributed by atoms with Gasteiger partial charge in [-0.3, -0.25) is 0 Å². The van der Waals surface area contributed by atoms with E-state index in [0.717, 1.165) is 0 Å². The predicted molar refractivity (Wildman–Crippen MR) is 253 cm³/mol. The molecule has 12 nitrogen and oxygen atoms in total. The maximum absolute atomic E-state index is 14.2. The zero-order chi connectivity index (χ0) is 48.3. The Morgan fingerprint density at radius 1 is 0.359 bits per heavy atom. The van der Waals surface area contributed by atoms with E-state index in [1.54, 1.807) is 0 Å². The summed E-state index contributed by atoms with van der Waals surface area (Å²) in [7, 11) is 0. The van der Waals surface area contributed by atoms with E-state index >= 15 is 0 Å². The van der Waals surface area contributed by atoms with Gasteiger partial charge in [-0.25, -0.2) is 19.2 Å². The lowest BCUT2D eigenvalue weighted by Gasteiger charge is -2.49. The molecule has 4 saturated heterocycles. The number of piperidine rings is 4. The zero-order valence-electron chi connectivity index (χ0n) is 41.5. The molecule has 4 heterocycles. The van der Waals surface area contributed by atoms with Crippen molar-refractivity contribution in [3.05, 3.63) is 56.6 Å². The van der Waals surface area contributed by atoms with Gasteiger partial charge in [-0.1, -0.05) is 0 Å². The van der Waals surface area contributed by atoms with Crippen LogP contribution in [0.15, 0.2) is 12.1 Å². The molecular weight excluding hydrogens is 809 g/mol. The Morgan fingerprint density at radius 2 is 0.547 bits per heavy atom. The highest BCUT2D eigenvalue weighted by atomic mass is 16.4. The molecule has 0 radical (unpaired) electrons. The van der Waals surface area contributed by atoms with Crippen molar-refractivity contribution in [3.8, 4) is 11.1 Å². The molecule has 4 fully saturated rings. The number of carboxylic acids is 4. The lowest BCUT2D eigenvalue weighted by molar-refractivity contribution is 0.0645. The highest BCUT2D eigenvalue weighted by molar-refractivity contribution is 6.08. The first-order valence-electron chi connectivity index (χ1n) is 23.4. The van der Waals surface area contributed by atoms with Gasteiger partial charge in [-0.2, -0.15) is 0 Å². The summed E-state index contributed by atoms with van der Waals surface area (Å²) in [6.07, 6.45) is 3.98. The number of aromatic carboxylic acids is 4. The van der Waals surface area contributed by atoms with Gasteiger partial charge < -0.3 is 41.7 Å². The average Bonchev–Trinajstić information content (AvgIpc) is 3.04. The number of carboxylic acid groups (broad SMARTS) is 4. The highest BCUT2D eigenvalue weighted by Crippen LogP contribution is 2.54. The molecule has 64 heavy (non-hydrogen) atoms. The van der Waals surface area contributed by atoms with Crippen molar-refractivity contribution in [3.63, 3.8) is 0 Å². The van der Waals surface area contributed by atoms with Gasteiger partial charge in [0, 0.05) is 44.3 Å². The fraction of sp³-hybridized carbons (Fsp3) is 0.692. The summed E-state index contributed by atoms with van der Waals surface area (Å²) in [4.78, 5) is 56.3. The van der Waals surface area contributed by atoms with Crippen molar-refractivity contribution in [2.45, 2.75) is 230 Å². The van der Waals surface area contributed by atoms with Crippen LogP contribution in [0.2, 0.25) is 0 Å². The summed E-state index contributed by atoms with van der Waals surface area (Å²) >= 11 is 0. The molecule has 0 bridgehead atoms. The van der Waals surface area contributed by atoms with Crippen LogP contribution in [0, 0.1) is 0 Å². The van der Waals surface area contributed by atoms with E-state index in [-0.39, 0.29) is 34.1 Å². The van der Waals surface area contributed by atoms with Crippen LogP contribution in [0.1, 0.15) is 250 Å². The SMILES string of the molecule is CC1(C)CC(c2cc(-c3cc(C4CC(C)(C)NC(C)(C)C4)c(C(=O)O)c(C(=O)O)c3C3CC(C)(C)NC(C)(C)C3)c(C3CC(C)(C)NC(C)(C)C3)c(C(=O)O)c2C(=O)O)CC(C)(C)N1. The maximum atomic E-state index is 14.2. The molecule has 0 saturated carbocycles. The van der Waals surface area contributed by atoms with Gasteiger partial charge in [-0.05, 0) is 231 Å². The van der Waals surface area contributed by atoms with Gasteiger partial charge in [0.15, 0.2) is 0 Å². The fourth-order valence-corrected chi connectivity index (χ4v) is 14.4. The van der Waals surface area contributed by atoms with Crippen LogP contribution in [0.25, 0.3) is 11.1 Å². The molecular formula is C52H78N4O8. The molecule has 12 heteroatoms. The fourth-order valence-electron chi connectivity index (χ4n) is 14.4. The summed E-state index contributed by atoms with van der Waals surface area (Å²) in [6, 6.07) is 3.80. The topological polar surface area (TPSA) is 197 Å². The Bertz CT molecular complexity index is 2040. The smallest absolute Gasteiger partial charge is 0.336 e. The van der Waals surface area contributed by atoms with Crippen LogP contribution >= 0.6 is 0 Å². The first kappa shape index (κ1) is 49.6. The largest absolute Gasteiger partial charge is 0.478 e. The summed E-state index contributed by atoms with van der Waals surface area (Å²) in [5.74, 6) is -7.06. The Kier molecular flexibility index (Phi) is 12.3. The van der Waals surface area contributed by atoms with Crippen LogP contribution in [0.5, 0.6) is 0 Å². The van der Waals surface area contributed by atoms with Gasteiger partial charge >= 0.3 is 23.9 Å². The molecule has 4 aliphatic rings. The quantitative estimate of drug-likeness (QED) is 0.119. The second kappa shape index (κ2) is 15.9. The Balaban J connectivity index is 1.90. The average molecular weight is 887 g/mol. The molecule has 2 aromatic rings. The third-order valence-electron chi connectivity index (χ3n) is 14.4. The molecule has 0 amide bonds. The molecule has 0 aromatic heterocycles. The highest BCUT2D eigenvalue weighted by Gasteiger charge is 2.48. The van der Waals surface area contributed by atoms with Gasteiger partial charge in [0.2, 0.25) is 0 Å². The Labute approximate surface area is 381 Å². The van der Waals surface area contributed by atoms with E-state index in [1.165, 1.54) is 0 Å². The second-order valence-corrected chi connectivity index (χ2v) is 25.6. The summed E-state index contributed by atoms with van der Waals surface area (Å²) < 4.78 is 0. The molecule has 0 unspecified atom stereocenters. The minimum absolute atomic E-state index is 0.229. The predicted octanol–water partition coefficient (Wildman–Crippen LogP) is 10.2. The van der Waals surface area contributed by atoms with E-state index < -0.39 is 80.0 Å². The lowest BCUT2D eigenvalue weighted by atomic mass is 9.65. The van der Waals surface area contributed by atoms with E-state index in [2.05, 4.69) is 132 Å². The van der Waals surface area contributed by atoms with Crippen molar-refractivity contribution in [2.24, 2.45) is 0 Å². The van der Waals surface area contributed by atoms with Gasteiger partial charge in [0.1, 0.15) is 0 Å². The molecule has 6 rings (SSSR count). The van der Waals surface area contributed by atoms with Gasteiger partial charge in [0.25, 0.3) is 0 Å². The third kappa shape index (κ3) is 10.2. The van der Waals surface area contributed by atoms with Crippen molar-refractivity contribution in [1.82, 2.24) is 21.3 Å². The summed E-state index contributed by atoms with van der Waals surface area (Å²) in [5, 5.41) is 60.7. The monoisotopic (exact) mass is 887 g/mol. The van der Waals surface area contributed by atoms with Crippen molar-refractivity contribution in [1.29, 1.82) is 0 Å². The van der Waals surface area contributed by atoms with E-state index in [9.17, 15) is 39.6 Å². The molecule has 8 N–H and O–H groups in total. The maximum Gasteiger partial charge on any atom is 0.336 e. The van der Waals surface area contributed by atoms with Gasteiger partial charge in [0.05, 0.1) is 22.3 Å². The molecule has 0 atom stereocenters. The Morgan fingerprint density at radius 3 is 0.734 bits per heavy atom. The zero-order valence-corrected chi connectivity index (χ0v) is 41.5. The first-order valence-corrected chi connectivity index (χ1v) is 23.4. The first-order chi connectivity index (χ1) is 28.8. The van der Waals surface area contributed by atoms with Crippen LogP contribution in [0.3, 0.4) is 0 Å². The van der Waals surface area contributed by atoms with Crippen molar-refractivity contribution in [2.75, 3.05) is 0 Å². The molecule has 0 spiro atoms. The van der Waals surface area contributed by atoms with Crippen LogP contribution in [-0.2, 0) is 0 Å². The molecule has 354 valence electrons. The normalized spacial score (nSPS) is 25.1. The number of carbonyl (C=O) groups is 4. The van der Waals surface area contributed by atoms with Crippen LogP contribution < -0.4 is 21.3 Å². The van der Waals surface area contributed by atoms with E-state index in [1.807, 2.05) is 12.1 Å². The minimum atomic E-state index is -1.36. The molecule has 4 aliphatic heterocycles. The van der Waals surface area contributed by atoms with E-state index in [4.69, 9.17) is 0 Å². The van der Waals surface area contributed by atoms with E-state index in [0.29, 0.717) is 84.7 Å². The van der Waals surface area contributed by atoms with Gasteiger partial charge in [-0.15, -0.1) is 0 Å². The number of nitrogens with one attached hydrogen (secondary N) is 4. The summed E-state index contributed by atoms with van der Waals surface area (Å²) in [5.41, 5.74) is -2.20. The molecule has 2 aromatic carbocycles. The standard InChI is InChI=1S/C52H78N4O8/c1-45(2)19-27(20-46(3,4)53-45)31-17-33(35(39(43(61)62)37(31)41(57)58)29-23-49(9,10)55-50(11,12)24-29)34-18-32(28-21-47(5,6)54-48(7,8)22-28)38(42(59)60)40(44(63)64)36(34)30-25-51(13,14)56-52(15,16)26-30/h17-18,27-30,53-56H,19-26H2,1-16H3,(H,57,58)(H,59,60)(H,61,62)(H,63,64). The van der Waals surface area contributed by atoms with Crippen molar-refractivity contribution < 1.29 is 39.6 Å². The third-order valence-corrected chi connectivity index (χ3v) is 14.4. The van der Waals surface area contributed by atoms with Crippen LogP contribution in [0.4, 0.5) is 0 Å². The number of benzene rings is 2. The molecule has 0 aliphatic carbocycles. The Hall–Kier alpha value is -3.84. The second-order valence-electron chi connectivity index (χ2n) is 25.6. The number of hydrogen-bond acceptors (Lipinski definition) is 8. The van der Waals surface area contributed by atoms with Crippen molar-refractivity contribution >= 4 is 23.9 Å². The number of rotatable bonds is 9. The minimum Gasteiger partial charge on any atom is -0.478 e. The number of hydrogen-bond donors (Lipinski definition) is 8. The lowest BCUT2D eigenvalue weighted by Crippen LogP contribution is -2.57. The summed E-state index contributed by atoms with van der Waals surface area (Å²) in [6.45, 7) is 33.2.